The zero-order chi connectivity index (χ0) is 8.53. The molecule has 11 heavy (non-hydrogen) atoms. The molecule has 0 aliphatic carbocycles. The van der Waals surface area contributed by atoms with Gasteiger partial charge in [0, 0.05) is 0 Å². The van der Waals surface area contributed by atoms with Gasteiger partial charge in [-0.2, -0.15) is 0 Å². The SMILES string of the molecule is C/C=C/CCNCC(C)CC. The van der Waals surface area contributed by atoms with Crippen LogP contribution in [0.1, 0.15) is 33.6 Å². The molecule has 0 bridgehead atoms. The van der Waals surface area contributed by atoms with Crippen molar-refractivity contribution in [2.75, 3.05) is 13.1 Å². The summed E-state index contributed by atoms with van der Waals surface area (Å²) in [5.41, 5.74) is 0. The van der Waals surface area contributed by atoms with Crippen molar-refractivity contribution in [2.24, 2.45) is 5.92 Å². The maximum atomic E-state index is 3.42. The average Bonchev–Trinajstić information content (AvgIpc) is 2.04. The molecule has 0 amide bonds. The molecule has 0 saturated carbocycles. The van der Waals surface area contributed by atoms with Crippen molar-refractivity contribution >= 4 is 0 Å². The Bertz CT molecular complexity index is 97.0. The summed E-state index contributed by atoms with van der Waals surface area (Å²) in [7, 11) is 0. The van der Waals surface area contributed by atoms with E-state index in [0.717, 1.165) is 25.4 Å². The van der Waals surface area contributed by atoms with Crippen molar-refractivity contribution in [1.82, 2.24) is 5.32 Å². The third-order valence-electron chi connectivity index (χ3n) is 1.91. The van der Waals surface area contributed by atoms with E-state index in [2.05, 4.69) is 38.2 Å². The van der Waals surface area contributed by atoms with Gasteiger partial charge in [0.25, 0.3) is 0 Å². The molecule has 0 aliphatic rings. The van der Waals surface area contributed by atoms with Crippen molar-refractivity contribution in [3.05, 3.63) is 12.2 Å². The summed E-state index contributed by atoms with van der Waals surface area (Å²) < 4.78 is 0. The van der Waals surface area contributed by atoms with Gasteiger partial charge < -0.3 is 5.32 Å². The Morgan fingerprint density at radius 3 is 2.73 bits per heavy atom. The molecule has 0 aromatic carbocycles. The molecule has 0 aromatic heterocycles. The maximum absolute atomic E-state index is 3.42. The molecule has 0 saturated heterocycles. The van der Waals surface area contributed by atoms with Crippen molar-refractivity contribution in [1.29, 1.82) is 0 Å². The number of nitrogens with one attached hydrogen (secondary N) is 1. The van der Waals surface area contributed by atoms with E-state index >= 15 is 0 Å². The zero-order valence-corrected chi connectivity index (χ0v) is 8.06. The number of hydrogen-bond acceptors (Lipinski definition) is 1. The van der Waals surface area contributed by atoms with E-state index in [1.54, 1.807) is 0 Å². The summed E-state index contributed by atoms with van der Waals surface area (Å²) in [4.78, 5) is 0. The predicted molar refractivity (Wildman–Crippen MR) is 51.8 cm³/mol. The Labute approximate surface area is 70.9 Å². The van der Waals surface area contributed by atoms with Gasteiger partial charge in [0.05, 0.1) is 0 Å². The van der Waals surface area contributed by atoms with Gasteiger partial charge in [-0.25, -0.2) is 0 Å². The molecule has 0 spiro atoms. The Kier molecular flexibility index (Phi) is 7.59. The smallest absolute Gasteiger partial charge is 0.00142 e. The van der Waals surface area contributed by atoms with Gasteiger partial charge in [-0.05, 0) is 32.4 Å². The molecule has 0 fully saturated rings. The second kappa shape index (κ2) is 7.80. The number of allylic oxidation sites excluding steroid dienone is 1. The molecule has 1 nitrogen and oxygen atoms in total. The zero-order valence-electron chi connectivity index (χ0n) is 8.06. The van der Waals surface area contributed by atoms with Crippen LogP contribution >= 0.6 is 0 Å². The Balaban J connectivity index is 3.01. The highest BCUT2D eigenvalue weighted by atomic mass is 14.8. The van der Waals surface area contributed by atoms with Crippen molar-refractivity contribution in [2.45, 2.75) is 33.6 Å². The summed E-state index contributed by atoms with van der Waals surface area (Å²) >= 11 is 0. The fourth-order valence-electron chi connectivity index (χ4n) is 0.845. The molecular weight excluding hydrogens is 134 g/mol. The first kappa shape index (κ1) is 10.7. The minimum Gasteiger partial charge on any atom is -0.316 e. The van der Waals surface area contributed by atoms with Gasteiger partial charge >= 0.3 is 0 Å². The third-order valence-corrected chi connectivity index (χ3v) is 1.91. The second-order valence-corrected chi connectivity index (χ2v) is 3.08. The molecule has 1 unspecified atom stereocenters. The first-order valence-corrected chi connectivity index (χ1v) is 4.63. The quantitative estimate of drug-likeness (QED) is 0.459. The van der Waals surface area contributed by atoms with Crippen molar-refractivity contribution in [3.63, 3.8) is 0 Å². The molecule has 1 heteroatoms. The monoisotopic (exact) mass is 155 g/mol. The largest absolute Gasteiger partial charge is 0.316 e. The Hall–Kier alpha value is -0.300. The van der Waals surface area contributed by atoms with E-state index in [9.17, 15) is 0 Å². The highest BCUT2D eigenvalue weighted by Gasteiger charge is 1.95. The van der Waals surface area contributed by atoms with Crippen LogP contribution in [-0.4, -0.2) is 13.1 Å². The molecular formula is C10H21N. The molecule has 1 N–H and O–H groups in total. The van der Waals surface area contributed by atoms with Gasteiger partial charge in [0.1, 0.15) is 0 Å². The highest BCUT2D eigenvalue weighted by Crippen LogP contribution is 1.96. The topological polar surface area (TPSA) is 12.0 Å². The van der Waals surface area contributed by atoms with Crippen LogP contribution in [0.25, 0.3) is 0 Å². The molecule has 0 aromatic rings. The average molecular weight is 155 g/mol. The number of rotatable bonds is 6. The van der Waals surface area contributed by atoms with Crippen LogP contribution in [0.15, 0.2) is 12.2 Å². The minimum atomic E-state index is 0.820. The van der Waals surface area contributed by atoms with E-state index in [1.807, 2.05) is 0 Å². The molecule has 0 heterocycles. The van der Waals surface area contributed by atoms with E-state index in [-0.39, 0.29) is 0 Å². The van der Waals surface area contributed by atoms with E-state index in [1.165, 1.54) is 6.42 Å². The molecule has 0 radical (unpaired) electrons. The van der Waals surface area contributed by atoms with Gasteiger partial charge in [0.15, 0.2) is 0 Å². The molecule has 0 aliphatic heterocycles. The summed E-state index contributed by atoms with van der Waals surface area (Å²) in [6, 6.07) is 0. The second-order valence-electron chi connectivity index (χ2n) is 3.08. The Morgan fingerprint density at radius 2 is 2.18 bits per heavy atom. The van der Waals surface area contributed by atoms with Gasteiger partial charge in [-0.3, -0.25) is 0 Å². The van der Waals surface area contributed by atoms with Crippen LogP contribution in [0.2, 0.25) is 0 Å². The lowest BCUT2D eigenvalue weighted by molar-refractivity contribution is 0.504. The Morgan fingerprint density at radius 1 is 1.45 bits per heavy atom. The predicted octanol–water partition coefficient (Wildman–Crippen LogP) is 2.59. The fraction of sp³-hybridized carbons (Fsp3) is 0.800. The summed E-state index contributed by atoms with van der Waals surface area (Å²) in [6.07, 6.45) is 6.73. The third kappa shape index (κ3) is 7.60. The highest BCUT2D eigenvalue weighted by molar-refractivity contribution is 4.77. The first-order valence-electron chi connectivity index (χ1n) is 4.63. The van der Waals surface area contributed by atoms with Crippen LogP contribution < -0.4 is 5.32 Å². The summed E-state index contributed by atoms with van der Waals surface area (Å²) in [6.45, 7) is 8.86. The van der Waals surface area contributed by atoms with Crippen LogP contribution in [0, 0.1) is 5.92 Å². The van der Waals surface area contributed by atoms with Crippen LogP contribution in [-0.2, 0) is 0 Å². The van der Waals surface area contributed by atoms with Crippen molar-refractivity contribution in [3.8, 4) is 0 Å². The van der Waals surface area contributed by atoms with E-state index in [0.29, 0.717) is 0 Å². The van der Waals surface area contributed by atoms with Gasteiger partial charge in [-0.15, -0.1) is 0 Å². The molecule has 66 valence electrons. The summed E-state index contributed by atoms with van der Waals surface area (Å²) in [5.74, 6) is 0.820. The van der Waals surface area contributed by atoms with E-state index in [4.69, 9.17) is 0 Å². The van der Waals surface area contributed by atoms with Crippen LogP contribution in [0.5, 0.6) is 0 Å². The lowest BCUT2D eigenvalue weighted by Gasteiger charge is -2.08. The van der Waals surface area contributed by atoms with Gasteiger partial charge in [0.2, 0.25) is 0 Å². The number of hydrogen-bond donors (Lipinski definition) is 1. The van der Waals surface area contributed by atoms with Crippen LogP contribution in [0.4, 0.5) is 0 Å². The first-order chi connectivity index (χ1) is 5.31. The van der Waals surface area contributed by atoms with Gasteiger partial charge in [-0.1, -0.05) is 32.4 Å². The van der Waals surface area contributed by atoms with Crippen LogP contribution in [0.3, 0.4) is 0 Å². The van der Waals surface area contributed by atoms with Crippen molar-refractivity contribution < 1.29 is 0 Å². The lowest BCUT2D eigenvalue weighted by Crippen LogP contribution is -2.21. The molecule has 1 atom stereocenters. The summed E-state index contributed by atoms with van der Waals surface area (Å²) in [5, 5.41) is 3.42. The van der Waals surface area contributed by atoms with E-state index < -0.39 is 0 Å². The molecule has 0 rings (SSSR count). The fourth-order valence-corrected chi connectivity index (χ4v) is 0.845. The minimum absolute atomic E-state index is 0.820. The lowest BCUT2D eigenvalue weighted by atomic mass is 10.1. The maximum Gasteiger partial charge on any atom is -0.00142 e. The normalized spacial score (nSPS) is 14.1. The standard InChI is InChI=1S/C10H21N/c1-4-6-7-8-11-9-10(3)5-2/h4,6,10-11H,5,7-9H2,1-3H3/b6-4+.